The number of rotatable bonds is 5. The standard InChI is InChI=1S/C18H24BrNO3/c1-12(19)20-14-7-8-15(20)10-16(9-14)23-18(22)17(11-21)13-5-3-2-4-6-13/h2-6,12,14-17,21H,7-11H2,1H3/t12?,14-,15+,16?,17?. The van der Waals surface area contributed by atoms with Crippen LogP contribution in [0, 0.1) is 0 Å². The van der Waals surface area contributed by atoms with Crippen LogP contribution in [0.15, 0.2) is 30.3 Å². The van der Waals surface area contributed by atoms with Gasteiger partial charge in [0.25, 0.3) is 0 Å². The van der Waals surface area contributed by atoms with Crippen LogP contribution in [0.5, 0.6) is 0 Å². The lowest BCUT2D eigenvalue weighted by Gasteiger charge is -2.40. The van der Waals surface area contributed by atoms with E-state index in [4.69, 9.17) is 4.74 Å². The maximum absolute atomic E-state index is 12.5. The van der Waals surface area contributed by atoms with E-state index in [-0.39, 0.29) is 18.7 Å². The predicted molar refractivity (Wildman–Crippen MR) is 92.4 cm³/mol. The van der Waals surface area contributed by atoms with E-state index in [0.29, 0.717) is 17.0 Å². The molecule has 5 heteroatoms. The first kappa shape index (κ1) is 16.9. The minimum atomic E-state index is -0.581. The number of halogens is 1. The van der Waals surface area contributed by atoms with Crippen molar-refractivity contribution in [2.24, 2.45) is 0 Å². The number of benzene rings is 1. The van der Waals surface area contributed by atoms with Gasteiger partial charge in [0.05, 0.1) is 11.6 Å². The van der Waals surface area contributed by atoms with E-state index >= 15 is 0 Å². The van der Waals surface area contributed by atoms with Gasteiger partial charge in [-0.2, -0.15) is 0 Å². The first-order valence-electron chi connectivity index (χ1n) is 8.38. The molecular weight excluding hydrogens is 358 g/mol. The summed E-state index contributed by atoms with van der Waals surface area (Å²) < 4.78 is 5.77. The van der Waals surface area contributed by atoms with E-state index in [0.717, 1.165) is 18.4 Å². The van der Waals surface area contributed by atoms with Crippen LogP contribution in [0.3, 0.4) is 0 Å². The molecule has 0 saturated carbocycles. The second-order valence-corrected chi connectivity index (χ2v) is 7.91. The molecule has 1 N–H and O–H groups in total. The van der Waals surface area contributed by atoms with Crippen LogP contribution in [-0.2, 0) is 9.53 Å². The lowest BCUT2D eigenvalue weighted by Crippen LogP contribution is -2.48. The highest BCUT2D eigenvalue weighted by Crippen LogP contribution is 2.39. The van der Waals surface area contributed by atoms with Gasteiger partial charge in [-0.05, 0) is 25.3 Å². The number of carbonyl (C=O) groups excluding carboxylic acids is 1. The molecule has 0 spiro atoms. The van der Waals surface area contributed by atoms with E-state index in [1.807, 2.05) is 30.3 Å². The number of alkyl halides is 1. The first-order valence-corrected chi connectivity index (χ1v) is 9.29. The largest absolute Gasteiger partial charge is 0.462 e. The number of hydrogen-bond donors (Lipinski definition) is 1. The maximum atomic E-state index is 12.5. The SMILES string of the molecule is CC(Br)N1[C@@H]2CC[C@H]1CC(OC(=O)C(CO)c1ccccc1)C2. The van der Waals surface area contributed by atoms with Crippen molar-refractivity contribution in [2.75, 3.05) is 6.61 Å². The Hall–Kier alpha value is -0.910. The van der Waals surface area contributed by atoms with Crippen LogP contribution in [-0.4, -0.2) is 45.7 Å². The zero-order valence-electron chi connectivity index (χ0n) is 13.4. The van der Waals surface area contributed by atoms with Crippen LogP contribution in [0.4, 0.5) is 0 Å². The number of carbonyl (C=O) groups is 1. The Morgan fingerprint density at radius 3 is 2.43 bits per heavy atom. The summed E-state index contributed by atoms with van der Waals surface area (Å²) in [4.78, 5) is 15.4. The zero-order chi connectivity index (χ0) is 16.4. The molecule has 126 valence electrons. The Morgan fingerprint density at radius 2 is 1.91 bits per heavy atom. The molecule has 2 heterocycles. The average molecular weight is 382 g/mol. The molecular formula is C18H24BrNO3. The minimum absolute atomic E-state index is 0.0275. The number of esters is 1. The van der Waals surface area contributed by atoms with Crippen molar-refractivity contribution < 1.29 is 14.6 Å². The van der Waals surface area contributed by atoms with Crippen LogP contribution in [0.1, 0.15) is 44.1 Å². The number of fused-ring (bicyclic) bond motifs is 2. The number of piperidine rings is 1. The second-order valence-electron chi connectivity index (χ2n) is 6.58. The molecule has 2 aliphatic rings. The molecule has 2 bridgehead atoms. The summed E-state index contributed by atoms with van der Waals surface area (Å²) in [7, 11) is 0. The third-order valence-corrected chi connectivity index (χ3v) is 5.58. The van der Waals surface area contributed by atoms with E-state index in [9.17, 15) is 9.90 Å². The number of hydrogen-bond acceptors (Lipinski definition) is 4. The van der Waals surface area contributed by atoms with Crippen molar-refractivity contribution in [3.63, 3.8) is 0 Å². The molecule has 0 amide bonds. The van der Waals surface area contributed by atoms with Gasteiger partial charge in [0.2, 0.25) is 0 Å². The fraction of sp³-hybridized carbons (Fsp3) is 0.611. The van der Waals surface area contributed by atoms with E-state index in [2.05, 4.69) is 27.8 Å². The van der Waals surface area contributed by atoms with Gasteiger partial charge in [0, 0.05) is 24.9 Å². The van der Waals surface area contributed by atoms with E-state index in [1.54, 1.807) is 0 Å². The highest BCUT2D eigenvalue weighted by Gasteiger charge is 2.43. The highest BCUT2D eigenvalue weighted by atomic mass is 79.9. The Kier molecular flexibility index (Phi) is 5.39. The number of nitrogens with zero attached hydrogens (tertiary/aromatic N) is 1. The highest BCUT2D eigenvalue weighted by molar-refractivity contribution is 9.09. The molecule has 3 rings (SSSR count). The lowest BCUT2D eigenvalue weighted by atomic mass is 9.98. The Morgan fingerprint density at radius 1 is 1.30 bits per heavy atom. The Bertz CT molecular complexity index is 522. The van der Waals surface area contributed by atoms with Crippen molar-refractivity contribution in [3.8, 4) is 0 Å². The van der Waals surface area contributed by atoms with Gasteiger partial charge in [0.15, 0.2) is 0 Å². The van der Waals surface area contributed by atoms with Gasteiger partial charge in [-0.25, -0.2) is 0 Å². The van der Waals surface area contributed by atoms with Gasteiger partial charge in [0.1, 0.15) is 12.0 Å². The van der Waals surface area contributed by atoms with Gasteiger partial charge < -0.3 is 9.84 Å². The molecule has 1 aromatic rings. The fourth-order valence-corrected chi connectivity index (χ4v) is 4.76. The molecule has 2 aliphatic heterocycles. The smallest absolute Gasteiger partial charge is 0.316 e. The third kappa shape index (κ3) is 3.62. The monoisotopic (exact) mass is 381 g/mol. The third-order valence-electron chi connectivity index (χ3n) is 5.11. The number of aliphatic hydroxyl groups excluding tert-OH is 1. The molecule has 2 saturated heterocycles. The van der Waals surface area contributed by atoms with Gasteiger partial charge in [-0.15, -0.1) is 0 Å². The number of ether oxygens (including phenoxy) is 1. The van der Waals surface area contributed by atoms with Gasteiger partial charge in [-0.3, -0.25) is 9.69 Å². The first-order chi connectivity index (χ1) is 11.1. The Balaban J connectivity index is 1.63. The van der Waals surface area contributed by atoms with Crippen LogP contribution in [0.2, 0.25) is 0 Å². The summed E-state index contributed by atoms with van der Waals surface area (Å²) in [5.74, 6) is -0.884. The minimum Gasteiger partial charge on any atom is -0.462 e. The van der Waals surface area contributed by atoms with Crippen molar-refractivity contribution in [2.45, 2.75) is 61.7 Å². The maximum Gasteiger partial charge on any atom is 0.316 e. The normalized spacial score (nSPS) is 30.0. The molecule has 0 aliphatic carbocycles. The van der Waals surface area contributed by atoms with Gasteiger partial charge in [-0.1, -0.05) is 46.3 Å². The van der Waals surface area contributed by atoms with Crippen LogP contribution < -0.4 is 0 Å². The van der Waals surface area contributed by atoms with Crippen LogP contribution in [0.25, 0.3) is 0 Å². The number of aliphatic hydroxyl groups is 1. The predicted octanol–water partition coefficient (Wildman–Crippen LogP) is 3.04. The lowest BCUT2D eigenvalue weighted by molar-refractivity contribution is -0.155. The topological polar surface area (TPSA) is 49.8 Å². The fourth-order valence-electron chi connectivity index (χ4n) is 4.09. The molecule has 2 fully saturated rings. The molecule has 0 aromatic heterocycles. The summed E-state index contributed by atoms with van der Waals surface area (Å²) in [6.45, 7) is 1.95. The van der Waals surface area contributed by atoms with Crippen molar-refractivity contribution in [3.05, 3.63) is 35.9 Å². The van der Waals surface area contributed by atoms with E-state index in [1.165, 1.54) is 12.8 Å². The van der Waals surface area contributed by atoms with Crippen molar-refractivity contribution in [1.29, 1.82) is 0 Å². The van der Waals surface area contributed by atoms with Crippen molar-refractivity contribution >= 4 is 21.9 Å². The summed E-state index contributed by atoms with van der Waals surface area (Å²) >= 11 is 3.68. The quantitative estimate of drug-likeness (QED) is 0.483. The van der Waals surface area contributed by atoms with Crippen LogP contribution >= 0.6 is 15.9 Å². The van der Waals surface area contributed by atoms with Crippen molar-refractivity contribution in [1.82, 2.24) is 4.90 Å². The zero-order valence-corrected chi connectivity index (χ0v) is 15.0. The molecule has 4 nitrogen and oxygen atoms in total. The molecule has 23 heavy (non-hydrogen) atoms. The molecule has 5 atom stereocenters. The summed E-state index contributed by atoms with van der Waals surface area (Å²) in [5, 5.41) is 9.60. The Labute approximate surface area is 145 Å². The van der Waals surface area contributed by atoms with Gasteiger partial charge >= 0.3 is 5.97 Å². The second kappa shape index (κ2) is 7.32. The average Bonchev–Trinajstić information content (AvgIpc) is 2.81. The van der Waals surface area contributed by atoms with E-state index < -0.39 is 5.92 Å². The molecule has 1 aromatic carbocycles. The summed E-state index contributed by atoms with van der Waals surface area (Å²) in [5.41, 5.74) is 0.814. The summed E-state index contributed by atoms with van der Waals surface area (Å²) in [6, 6.07) is 10.4. The molecule has 0 radical (unpaired) electrons. The molecule has 3 unspecified atom stereocenters. The summed E-state index contributed by atoms with van der Waals surface area (Å²) in [6.07, 6.45) is 4.12.